The minimum absolute atomic E-state index is 0.00185. The van der Waals surface area contributed by atoms with Crippen LogP contribution in [0.5, 0.6) is 0 Å². The largest absolute Gasteiger partial charge is 0.480 e. The molecule has 0 spiro atoms. The zero-order chi connectivity index (χ0) is 23.9. The molecular formula is C25H26N2O5S2. The smallest absolute Gasteiger partial charge is 0.326 e. The number of aromatic amines is 1. The summed E-state index contributed by atoms with van der Waals surface area (Å²) in [5, 5.41) is 10.9. The van der Waals surface area contributed by atoms with E-state index in [1.807, 2.05) is 32.0 Å². The van der Waals surface area contributed by atoms with Crippen molar-refractivity contribution < 1.29 is 19.5 Å². The molecule has 3 heterocycles. The van der Waals surface area contributed by atoms with Crippen molar-refractivity contribution in [3.63, 3.8) is 0 Å². The van der Waals surface area contributed by atoms with Gasteiger partial charge in [-0.15, -0.1) is 11.8 Å². The molecule has 2 amide bonds. The number of likely N-dealkylation sites (tertiary alicyclic amines) is 1. The molecule has 3 fully saturated rings. The van der Waals surface area contributed by atoms with E-state index in [1.165, 1.54) is 11.3 Å². The normalized spacial score (nSPS) is 34.3. The number of fused-ring (bicyclic) bond motifs is 9. The summed E-state index contributed by atoms with van der Waals surface area (Å²) < 4.78 is 0. The quantitative estimate of drug-likeness (QED) is 0.612. The predicted molar refractivity (Wildman–Crippen MR) is 128 cm³/mol. The van der Waals surface area contributed by atoms with E-state index in [4.69, 9.17) is 0 Å². The molecule has 1 aromatic heterocycles. The number of rotatable bonds is 5. The Morgan fingerprint density at radius 2 is 1.79 bits per heavy atom. The fourth-order valence-electron chi connectivity index (χ4n) is 7.14. The van der Waals surface area contributed by atoms with Gasteiger partial charge in [-0.25, -0.2) is 4.79 Å². The highest BCUT2D eigenvalue weighted by atomic mass is 32.2. The molecule has 1 aromatic carbocycles. The van der Waals surface area contributed by atoms with E-state index in [2.05, 4.69) is 17.1 Å². The van der Waals surface area contributed by atoms with Gasteiger partial charge in [0.05, 0.1) is 16.9 Å². The second kappa shape index (κ2) is 7.81. The highest BCUT2D eigenvalue weighted by Gasteiger charge is 2.70. The number of aromatic nitrogens is 1. The molecule has 2 aliphatic carbocycles. The summed E-state index contributed by atoms with van der Waals surface area (Å²) in [7, 11) is 0. The number of carbonyl (C=O) groups excluding carboxylic acids is 2. The predicted octanol–water partition coefficient (Wildman–Crippen LogP) is 3.41. The molecule has 34 heavy (non-hydrogen) atoms. The van der Waals surface area contributed by atoms with Crippen LogP contribution in [0.25, 0.3) is 0 Å². The van der Waals surface area contributed by atoms with Crippen LogP contribution in [0, 0.1) is 35.5 Å². The number of aliphatic carboxylic acids is 1. The van der Waals surface area contributed by atoms with Gasteiger partial charge in [0.2, 0.25) is 11.8 Å². The number of thiazole rings is 1. The lowest BCUT2D eigenvalue weighted by Gasteiger charge is -2.43. The molecule has 4 aliphatic rings. The Hall–Kier alpha value is -2.39. The van der Waals surface area contributed by atoms with Crippen LogP contribution in [0.4, 0.5) is 0 Å². The SMILES string of the molecule is CC(C)C[C@@H](C(=O)O)N1C(=O)[C@H]2[C@@H]3C[C@@H]([C@@H]2C1=O)[C@H]1[C@@H](c2ccccc2)c2sc(=O)[nH]c2S[C@H]31. The van der Waals surface area contributed by atoms with E-state index in [0.29, 0.717) is 0 Å². The Kier molecular flexibility index (Phi) is 5.08. The monoisotopic (exact) mass is 498 g/mol. The molecule has 6 rings (SSSR count). The van der Waals surface area contributed by atoms with Gasteiger partial charge >= 0.3 is 10.8 Å². The first kappa shape index (κ1) is 22.1. The molecule has 8 atom stereocenters. The molecule has 2 N–H and O–H groups in total. The number of benzene rings is 1. The van der Waals surface area contributed by atoms with Crippen LogP contribution in [0.3, 0.4) is 0 Å². The maximum atomic E-state index is 13.7. The van der Waals surface area contributed by atoms with Crippen LogP contribution in [0.1, 0.15) is 43.0 Å². The first-order valence-electron chi connectivity index (χ1n) is 11.8. The van der Waals surface area contributed by atoms with Crippen LogP contribution >= 0.6 is 23.1 Å². The van der Waals surface area contributed by atoms with Gasteiger partial charge in [0.25, 0.3) is 0 Å². The molecule has 0 radical (unpaired) electrons. The molecule has 9 heteroatoms. The number of H-pyrrole nitrogens is 1. The highest BCUT2D eigenvalue weighted by Crippen LogP contribution is 2.68. The lowest BCUT2D eigenvalue weighted by molar-refractivity contribution is -0.156. The van der Waals surface area contributed by atoms with E-state index in [0.717, 1.165) is 26.8 Å². The summed E-state index contributed by atoms with van der Waals surface area (Å²) in [6, 6.07) is 8.99. The Labute approximate surface area is 204 Å². The number of carboxylic acids is 1. The Balaban J connectivity index is 1.42. The van der Waals surface area contributed by atoms with Gasteiger partial charge in [-0.05, 0) is 42.1 Å². The Morgan fingerprint density at radius 3 is 2.44 bits per heavy atom. The van der Waals surface area contributed by atoms with E-state index in [1.54, 1.807) is 11.8 Å². The number of carbonyl (C=O) groups is 3. The number of nitrogens with one attached hydrogen (secondary N) is 1. The first-order chi connectivity index (χ1) is 16.3. The fraction of sp³-hybridized carbons (Fsp3) is 0.520. The van der Waals surface area contributed by atoms with Crippen molar-refractivity contribution in [2.24, 2.45) is 35.5 Å². The van der Waals surface area contributed by atoms with Crippen LogP contribution in [-0.4, -0.2) is 44.1 Å². The van der Waals surface area contributed by atoms with Gasteiger partial charge in [0.15, 0.2) is 0 Å². The van der Waals surface area contributed by atoms with Crippen molar-refractivity contribution in [2.75, 3.05) is 0 Å². The summed E-state index contributed by atoms with van der Waals surface area (Å²) >= 11 is 2.89. The van der Waals surface area contributed by atoms with Crippen molar-refractivity contribution >= 4 is 40.9 Å². The van der Waals surface area contributed by atoms with Gasteiger partial charge in [0, 0.05) is 16.0 Å². The molecule has 2 aliphatic heterocycles. The molecule has 1 saturated heterocycles. The minimum Gasteiger partial charge on any atom is -0.480 e. The maximum Gasteiger partial charge on any atom is 0.326 e. The molecule has 2 aromatic rings. The lowest BCUT2D eigenvalue weighted by Crippen LogP contribution is -2.47. The molecule has 2 saturated carbocycles. The van der Waals surface area contributed by atoms with Crippen molar-refractivity contribution in [3.05, 3.63) is 50.4 Å². The minimum atomic E-state index is -1.11. The van der Waals surface area contributed by atoms with Crippen molar-refractivity contribution in [3.8, 4) is 0 Å². The lowest BCUT2D eigenvalue weighted by atomic mass is 9.68. The van der Waals surface area contributed by atoms with Crippen molar-refractivity contribution in [2.45, 2.75) is 48.9 Å². The summed E-state index contributed by atoms with van der Waals surface area (Å²) in [6.45, 7) is 3.81. The number of nitrogens with zero attached hydrogens (tertiary/aromatic N) is 1. The van der Waals surface area contributed by atoms with E-state index in [-0.39, 0.29) is 57.9 Å². The third-order valence-corrected chi connectivity index (χ3v) is 10.8. The third kappa shape index (κ3) is 3.02. The van der Waals surface area contributed by atoms with Crippen LogP contribution < -0.4 is 4.87 Å². The number of hydrogen-bond acceptors (Lipinski definition) is 6. The topological polar surface area (TPSA) is 108 Å². The Morgan fingerprint density at radius 1 is 1.12 bits per heavy atom. The molecule has 0 unspecified atom stereocenters. The number of thioether (sulfide) groups is 1. The molecular weight excluding hydrogens is 472 g/mol. The molecule has 7 nitrogen and oxygen atoms in total. The number of imide groups is 1. The van der Waals surface area contributed by atoms with Gasteiger partial charge in [-0.1, -0.05) is 55.5 Å². The van der Waals surface area contributed by atoms with E-state index < -0.39 is 23.8 Å². The average Bonchev–Trinajstić information content (AvgIpc) is 3.51. The summed E-state index contributed by atoms with van der Waals surface area (Å²) in [4.78, 5) is 56.6. The number of carboxylic acid groups (broad SMARTS) is 1. The van der Waals surface area contributed by atoms with E-state index in [9.17, 15) is 24.3 Å². The van der Waals surface area contributed by atoms with Crippen LogP contribution in [0.2, 0.25) is 0 Å². The van der Waals surface area contributed by atoms with Crippen molar-refractivity contribution in [1.29, 1.82) is 0 Å². The number of amides is 2. The van der Waals surface area contributed by atoms with Crippen molar-refractivity contribution in [1.82, 2.24) is 9.88 Å². The van der Waals surface area contributed by atoms with Gasteiger partial charge in [-0.3, -0.25) is 19.3 Å². The average molecular weight is 499 g/mol. The third-order valence-electron chi connectivity index (χ3n) is 8.21. The van der Waals surface area contributed by atoms with Gasteiger partial charge in [-0.2, -0.15) is 0 Å². The fourth-order valence-corrected chi connectivity index (χ4v) is 10.0. The second-order valence-electron chi connectivity index (χ2n) is 10.4. The Bertz CT molecular complexity index is 1240. The number of hydrogen-bond donors (Lipinski definition) is 2. The summed E-state index contributed by atoms with van der Waals surface area (Å²) in [5.41, 5.74) is 1.12. The summed E-state index contributed by atoms with van der Waals surface area (Å²) in [5.74, 6) is -2.48. The zero-order valence-electron chi connectivity index (χ0n) is 18.8. The maximum absolute atomic E-state index is 13.7. The van der Waals surface area contributed by atoms with Gasteiger partial charge in [0.1, 0.15) is 6.04 Å². The summed E-state index contributed by atoms with van der Waals surface area (Å²) in [6.07, 6.45) is 1.06. The van der Waals surface area contributed by atoms with Crippen LogP contribution in [-0.2, 0) is 14.4 Å². The first-order valence-corrected chi connectivity index (χ1v) is 13.5. The highest BCUT2D eigenvalue weighted by molar-refractivity contribution is 8.00. The zero-order valence-corrected chi connectivity index (χ0v) is 20.5. The standard InChI is InChI=1S/C25H26N2O5S2/c1-10(2)8-14(24(30)31)27-22(28)17-12-9-13(18(17)23(27)29)19-16(12)15(11-6-4-3-5-7-11)20-21(33-19)26-25(32)34-20/h3-7,10,12-19H,8-9H2,1-2H3,(H,26,32)(H,30,31)/t12-,13+,14+,15-,16+,17+,18+,19-/m1/s1. The van der Waals surface area contributed by atoms with Crippen LogP contribution in [0.15, 0.2) is 40.2 Å². The molecule has 2 bridgehead atoms. The molecule has 178 valence electrons. The van der Waals surface area contributed by atoms with E-state index >= 15 is 0 Å². The van der Waals surface area contributed by atoms with Gasteiger partial charge < -0.3 is 10.1 Å². The second-order valence-corrected chi connectivity index (χ2v) is 12.6.